The molecule has 0 radical (unpaired) electrons. The molecule has 1 N–H and O–H groups in total. The highest BCUT2D eigenvalue weighted by Crippen LogP contribution is 2.51. The second-order valence-electron chi connectivity index (χ2n) is 6.50. The molecule has 1 aliphatic carbocycles. The van der Waals surface area contributed by atoms with Crippen molar-refractivity contribution in [1.82, 2.24) is 14.9 Å². The van der Waals surface area contributed by atoms with Crippen molar-refractivity contribution >= 4 is 23.0 Å². The summed E-state index contributed by atoms with van der Waals surface area (Å²) in [6, 6.07) is 5.21. The number of nitrogens with zero attached hydrogens (tertiary/aromatic N) is 2. The van der Waals surface area contributed by atoms with Crippen LogP contribution in [0.3, 0.4) is 0 Å². The summed E-state index contributed by atoms with van der Waals surface area (Å²) in [4.78, 5) is 12.6. The van der Waals surface area contributed by atoms with Crippen molar-refractivity contribution in [3.63, 3.8) is 0 Å². The van der Waals surface area contributed by atoms with Crippen LogP contribution in [0.15, 0.2) is 30.5 Å². The van der Waals surface area contributed by atoms with Gasteiger partial charge in [0.1, 0.15) is 0 Å². The summed E-state index contributed by atoms with van der Waals surface area (Å²) in [5, 5.41) is 7.83. The van der Waals surface area contributed by atoms with Crippen molar-refractivity contribution in [3.8, 4) is 5.75 Å². The zero-order chi connectivity index (χ0) is 18.9. The van der Waals surface area contributed by atoms with E-state index in [1.807, 2.05) is 0 Å². The first-order valence-corrected chi connectivity index (χ1v) is 8.57. The number of carbonyl (C=O) groups excluding carboxylic acids is 1. The first-order chi connectivity index (χ1) is 12.9. The fourth-order valence-electron chi connectivity index (χ4n) is 4.09. The van der Waals surface area contributed by atoms with E-state index in [-0.39, 0.29) is 11.1 Å². The summed E-state index contributed by atoms with van der Waals surface area (Å²) in [6.07, 6.45) is 2.05. The van der Waals surface area contributed by atoms with E-state index >= 15 is 0 Å². The highest BCUT2D eigenvalue weighted by molar-refractivity contribution is 6.30. The lowest BCUT2D eigenvalue weighted by Gasteiger charge is -2.19. The number of amides is 1. The molecule has 2 aromatic heterocycles. The average Bonchev–Trinajstić information content (AvgIpc) is 3.09. The highest BCUT2D eigenvalue weighted by atomic mass is 35.5. The van der Waals surface area contributed by atoms with Crippen molar-refractivity contribution in [2.75, 3.05) is 0 Å². The van der Waals surface area contributed by atoms with Crippen LogP contribution in [0.25, 0.3) is 5.52 Å². The number of fused-ring (bicyclic) bond motifs is 9. The lowest BCUT2D eigenvalue weighted by atomic mass is 9.88. The van der Waals surface area contributed by atoms with Crippen LogP contribution in [0.1, 0.15) is 45.6 Å². The van der Waals surface area contributed by atoms with E-state index in [2.05, 4.69) is 15.2 Å². The van der Waals surface area contributed by atoms with Crippen LogP contribution in [-0.2, 0) is 0 Å². The molecule has 1 aromatic carbocycles. The minimum Gasteiger partial charge on any atom is -0.431 e. The zero-order valence-electron chi connectivity index (χ0n) is 13.5. The monoisotopic (exact) mass is 393 g/mol. The van der Waals surface area contributed by atoms with E-state index in [1.54, 1.807) is 22.8 Å². The molecule has 0 fully saturated rings. The van der Waals surface area contributed by atoms with Gasteiger partial charge in [-0.25, -0.2) is 8.91 Å². The zero-order valence-corrected chi connectivity index (χ0v) is 14.3. The summed E-state index contributed by atoms with van der Waals surface area (Å²) >= 11 is 6.11. The van der Waals surface area contributed by atoms with Crippen molar-refractivity contribution in [1.29, 1.82) is 0 Å². The second kappa shape index (κ2) is 5.63. The van der Waals surface area contributed by atoms with Gasteiger partial charge in [-0.05, 0) is 30.7 Å². The van der Waals surface area contributed by atoms with Gasteiger partial charge >= 0.3 is 6.61 Å². The molecule has 2 atom stereocenters. The predicted molar refractivity (Wildman–Crippen MR) is 89.9 cm³/mol. The minimum atomic E-state index is -3.22. The van der Waals surface area contributed by atoms with Gasteiger partial charge in [0.05, 0.1) is 17.3 Å². The molecular formula is C18H11ClF3N3O2. The van der Waals surface area contributed by atoms with Crippen molar-refractivity contribution < 1.29 is 22.7 Å². The molecule has 3 heterocycles. The number of pyridine rings is 1. The standard InChI is InChI=1S/C18H11ClF3N3O2/c19-7-3-4-25-12(5-7)14-9-6-11(15(14)24-25)23-17(26)8-1-2-10(20)16(13(8)9)27-18(21)22/h1-5,9,11,18H,6H2,(H,23,26)/t9-,11-/m1/s1. The molecule has 3 aromatic rings. The minimum absolute atomic E-state index is 0.115. The number of hydrogen-bond acceptors (Lipinski definition) is 3. The lowest BCUT2D eigenvalue weighted by molar-refractivity contribution is -0.0529. The third-order valence-electron chi connectivity index (χ3n) is 5.07. The molecule has 0 saturated heterocycles. The van der Waals surface area contributed by atoms with Gasteiger partial charge in [-0.15, -0.1) is 0 Å². The van der Waals surface area contributed by atoms with Crippen LogP contribution < -0.4 is 10.1 Å². The third-order valence-corrected chi connectivity index (χ3v) is 5.30. The summed E-state index contributed by atoms with van der Waals surface area (Å²) in [5.74, 6) is -2.54. The molecule has 2 bridgehead atoms. The molecule has 1 amide bonds. The normalized spacial score (nSPS) is 20.4. The van der Waals surface area contributed by atoms with Crippen molar-refractivity contribution in [2.24, 2.45) is 0 Å². The van der Waals surface area contributed by atoms with E-state index < -0.39 is 36.0 Å². The lowest BCUT2D eigenvalue weighted by Crippen LogP contribution is -2.27. The van der Waals surface area contributed by atoms with Crippen LogP contribution in [0.5, 0.6) is 5.75 Å². The molecule has 5 nitrogen and oxygen atoms in total. The van der Waals surface area contributed by atoms with Gasteiger partial charge < -0.3 is 10.1 Å². The fourth-order valence-corrected chi connectivity index (χ4v) is 4.25. The van der Waals surface area contributed by atoms with Crippen molar-refractivity contribution in [2.45, 2.75) is 25.0 Å². The van der Waals surface area contributed by atoms with Gasteiger partial charge in [-0.3, -0.25) is 4.79 Å². The molecule has 2 aliphatic rings. The molecule has 1 aliphatic heterocycles. The summed E-state index contributed by atoms with van der Waals surface area (Å²) in [5.41, 5.74) is 2.26. The number of halogens is 4. The Kier molecular flexibility index (Phi) is 3.42. The smallest absolute Gasteiger partial charge is 0.387 e. The van der Waals surface area contributed by atoms with Crippen LogP contribution in [0.2, 0.25) is 5.02 Å². The predicted octanol–water partition coefficient (Wildman–Crippen LogP) is 4.05. The van der Waals surface area contributed by atoms with Gasteiger partial charge in [-0.2, -0.15) is 13.9 Å². The topological polar surface area (TPSA) is 55.6 Å². The molecule has 5 rings (SSSR count). The Balaban J connectivity index is 1.82. The van der Waals surface area contributed by atoms with Crippen molar-refractivity contribution in [3.05, 3.63) is 63.7 Å². The van der Waals surface area contributed by atoms with Gasteiger partial charge in [0, 0.05) is 33.8 Å². The molecule has 0 spiro atoms. The Morgan fingerprint density at radius 1 is 1.30 bits per heavy atom. The van der Waals surface area contributed by atoms with Gasteiger partial charge in [0.15, 0.2) is 11.6 Å². The number of ether oxygens (including phenoxy) is 1. The number of aromatic nitrogens is 2. The molecule has 0 unspecified atom stereocenters. The Morgan fingerprint density at radius 2 is 2.11 bits per heavy atom. The van der Waals surface area contributed by atoms with E-state index in [1.165, 1.54) is 6.07 Å². The Morgan fingerprint density at radius 3 is 2.89 bits per heavy atom. The Labute approximate surface area is 155 Å². The van der Waals surface area contributed by atoms with Gasteiger partial charge in [0.25, 0.3) is 5.91 Å². The highest BCUT2D eigenvalue weighted by Gasteiger charge is 2.44. The summed E-state index contributed by atoms with van der Waals surface area (Å²) in [6.45, 7) is -3.22. The second-order valence-corrected chi connectivity index (χ2v) is 6.94. The Hall–Kier alpha value is -2.74. The molecular weight excluding hydrogens is 383 g/mol. The maximum atomic E-state index is 14.4. The van der Waals surface area contributed by atoms with E-state index in [9.17, 15) is 18.0 Å². The molecule has 0 saturated carbocycles. The number of nitrogens with one attached hydrogen (secondary N) is 1. The van der Waals surface area contributed by atoms with E-state index in [0.717, 1.165) is 11.6 Å². The number of hydrogen-bond donors (Lipinski definition) is 1. The van der Waals surface area contributed by atoms with Crippen LogP contribution in [0.4, 0.5) is 13.2 Å². The average molecular weight is 394 g/mol. The maximum absolute atomic E-state index is 14.4. The SMILES string of the molecule is O=C1N[C@@H]2C[C@H](c3c1ccc(F)c3OC(F)F)c1c2nn2ccc(Cl)cc12. The first kappa shape index (κ1) is 16.4. The molecule has 9 heteroatoms. The number of benzene rings is 1. The van der Waals surface area contributed by atoms with E-state index in [4.69, 9.17) is 11.6 Å². The van der Waals surface area contributed by atoms with Crippen LogP contribution >= 0.6 is 11.6 Å². The number of carbonyl (C=O) groups is 1. The third kappa shape index (κ3) is 2.32. The maximum Gasteiger partial charge on any atom is 0.387 e. The fraction of sp³-hybridized carbons (Fsp3) is 0.222. The van der Waals surface area contributed by atoms with E-state index in [0.29, 0.717) is 22.7 Å². The summed E-state index contributed by atoms with van der Waals surface area (Å²) < 4.78 is 46.3. The number of rotatable bonds is 2. The van der Waals surface area contributed by atoms with Gasteiger partial charge in [0.2, 0.25) is 0 Å². The number of alkyl halides is 2. The molecule has 27 heavy (non-hydrogen) atoms. The summed E-state index contributed by atoms with van der Waals surface area (Å²) in [7, 11) is 0. The Bertz CT molecular complexity index is 1110. The van der Waals surface area contributed by atoms with Crippen LogP contribution in [-0.4, -0.2) is 22.1 Å². The quantitative estimate of drug-likeness (QED) is 0.714. The van der Waals surface area contributed by atoms with Crippen LogP contribution in [0, 0.1) is 5.82 Å². The largest absolute Gasteiger partial charge is 0.431 e. The van der Waals surface area contributed by atoms with Gasteiger partial charge in [-0.1, -0.05) is 11.6 Å². The molecule has 138 valence electrons. The first-order valence-electron chi connectivity index (χ1n) is 8.20.